The van der Waals surface area contributed by atoms with Gasteiger partial charge in [-0.05, 0) is 18.5 Å². The van der Waals surface area contributed by atoms with Gasteiger partial charge in [-0.2, -0.15) is 0 Å². The van der Waals surface area contributed by atoms with Crippen molar-refractivity contribution < 1.29 is 0 Å². The Bertz CT molecular complexity index is 378. The molecule has 0 bridgehead atoms. The van der Waals surface area contributed by atoms with E-state index in [9.17, 15) is 0 Å². The van der Waals surface area contributed by atoms with E-state index in [1.54, 1.807) is 12.4 Å². The van der Waals surface area contributed by atoms with Crippen molar-refractivity contribution in [3.05, 3.63) is 60.2 Å². The van der Waals surface area contributed by atoms with Crippen LogP contribution in [-0.2, 0) is 12.8 Å². The van der Waals surface area contributed by atoms with Gasteiger partial charge in [0.1, 0.15) is 0 Å². The number of benzene rings is 1. The van der Waals surface area contributed by atoms with Crippen molar-refractivity contribution in [2.45, 2.75) is 12.8 Å². The summed E-state index contributed by atoms with van der Waals surface area (Å²) in [5.41, 5.74) is 2.42. The maximum atomic E-state index is 4.23. The average molecular weight is 264 g/mol. The third-order valence-corrected chi connectivity index (χ3v) is 2.61. The lowest BCUT2D eigenvalue weighted by Crippen LogP contribution is -2.20. The van der Waals surface area contributed by atoms with Crippen molar-refractivity contribution in [2.24, 2.45) is 0 Å². The molecule has 1 N–H and O–H groups in total. The number of halogens is 1. The molecule has 0 aliphatic rings. The Morgan fingerprint density at radius 3 is 2.44 bits per heavy atom. The van der Waals surface area contributed by atoms with E-state index in [2.05, 4.69) is 39.6 Å². The molecule has 1 aromatic carbocycles. The summed E-state index contributed by atoms with van der Waals surface area (Å²) in [6.07, 6.45) is 7.26. The Morgan fingerprint density at radius 1 is 0.944 bits per heavy atom. The molecule has 0 atom stereocenters. The van der Waals surface area contributed by atoms with Crippen LogP contribution in [0.15, 0.2) is 48.9 Å². The van der Waals surface area contributed by atoms with Gasteiger partial charge in [-0.1, -0.05) is 30.3 Å². The van der Waals surface area contributed by atoms with E-state index < -0.39 is 0 Å². The first-order valence-corrected chi connectivity index (χ1v) is 5.95. The number of aromatic nitrogens is 2. The van der Waals surface area contributed by atoms with Crippen LogP contribution in [0.25, 0.3) is 0 Å². The zero-order chi connectivity index (χ0) is 11.8. The molecule has 0 spiro atoms. The fourth-order valence-corrected chi connectivity index (χ4v) is 1.68. The minimum atomic E-state index is 0. The molecular formula is C14H18ClN3. The summed E-state index contributed by atoms with van der Waals surface area (Å²) in [6, 6.07) is 10.5. The molecule has 18 heavy (non-hydrogen) atoms. The molecule has 1 heterocycles. The minimum absolute atomic E-state index is 0. The highest BCUT2D eigenvalue weighted by atomic mass is 35.5. The van der Waals surface area contributed by atoms with Crippen molar-refractivity contribution in [2.75, 3.05) is 13.1 Å². The number of hydrogen-bond donors (Lipinski definition) is 1. The van der Waals surface area contributed by atoms with E-state index in [0.717, 1.165) is 31.6 Å². The smallest absolute Gasteiger partial charge is 0.0599 e. The van der Waals surface area contributed by atoms with Gasteiger partial charge in [0, 0.05) is 31.6 Å². The normalized spacial score (nSPS) is 9.78. The predicted octanol–water partition coefficient (Wildman–Crippen LogP) is 2.27. The van der Waals surface area contributed by atoms with Crippen molar-refractivity contribution in [1.29, 1.82) is 0 Å². The molecule has 2 rings (SSSR count). The number of rotatable bonds is 6. The van der Waals surface area contributed by atoms with Gasteiger partial charge in [-0.15, -0.1) is 12.4 Å². The minimum Gasteiger partial charge on any atom is -0.316 e. The number of nitrogens with zero attached hydrogens (tertiary/aromatic N) is 2. The maximum Gasteiger partial charge on any atom is 0.0599 e. The second kappa shape index (κ2) is 8.61. The summed E-state index contributed by atoms with van der Waals surface area (Å²) < 4.78 is 0. The molecule has 0 unspecified atom stereocenters. The molecule has 1 aromatic heterocycles. The Labute approximate surface area is 114 Å². The van der Waals surface area contributed by atoms with E-state index in [-0.39, 0.29) is 12.4 Å². The van der Waals surface area contributed by atoms with Gasteiger partial charge in [0.2, 0.25) is 0 Å². The molecule has 2 aromatic rings. The van der Waals surface area contributed by atoms with E-state index in [0.29, 0.717) is 0 Å². The molecule has 0 amide bonds. The number of hydrogen-bond acceptors (Lipinski definition) is 3. The van der Waals surface area contributed by atoms with Crippen LogP contribution in [-0.4, -0.2) is 23.1 Å². The molecule has 0 aliphatic heterocycles. The Kier molecular flexibility index (Phi) is 6.99. The van der Waals surface area contributed by atoms with Crippen LogP contribution < -0.4 is 5.32 Å². The summed E-state index contributed by atoms with van der Waals surface area (Å²) in [4.78, 5) is 8.27. The first kappa shape index (κ1) is 14.6. The quantitative estimate of drug-likeness (QED) is 0.813. The summed E-state index contributed by atoms with van der Waals surface area (Å²) in [5, 5.41) is 3.41. The second-order valence-corrected chi connectivity index (χ2v) is 3.93. The van der Waals surface area contributed by atoms with Crippen molar-refractivity contribution in [3.8, 4) is 0 Å². The molecule has 0 radical (unpaired) electrons. The number of nitrogens with one attached hydrogen (secondary N) is 1. The van der Waals surface area contributed by atoms with Gasteiger partial charge < -0.3 is 5.32 Å². The van der Waals surface area contributed by atoms with Crippen molar-refractivity contribution in [1.82, 2.24) is 15.3 Å². The molecule has 0 saturated carbocycles. The van der Waals surface area contributed by atoms with Crippen LogP contribution >= 0.6 is 12.4 Å². The van der Waals surface area contributed by atoms with Crippen molar-refractivity contribution in [3.63, 3.8) is 0 Å². The fourth-order valence-electron chi connectivity index (χ4n) is 1.68. The van der Waals surface area contributed by atoms with Gasteiger partial charge >= 0.3 is 0 Å². The van der Waals surface area contributed by atoms with Crippen LogP contribution in [0.5, 0.6) is 0 Å². The van der Waals surface area contributed by atoms with E-state index in [1.807, 2.05) is 12.3 Å². The standard InChI is InChI=1S/C14H17N3.ClH/c1-2-4-13(5-3-1)6-8-15-9-7-14-12-16-10-11-17-14;/h1-5,10-12,15H,6-9H2;1H. The fraction of sp³-hybridized carbons (Fsp3) is 0.286. The summed E-state index contributed by atoms with van der Waals surface area (Å²) in [7, 11) is 0. The van der Waals surface area contributed by atoms with Crippen molar-refractivity contribution >= 4 is 12.4 Å². The highest BCUT2D eigenvalue weighted by Gasteiger charge is 1.94. The molecular weight excluding hydrogens is 246 g/mol. The van der Waals surface area contributed by atoms with Gasteiger partial charge in [0.15, 0.2) is 0 Å². The van der Waals surface area contributed by atoms with E-state index in [4.69, 9.17) is 0 Å². The lowest BCUT2D eigenvalue weighted by Gasteiger charge is -2.04. The van der Waals surface area contributed by atoms with Gasteiger partial charge in [0.05, 0.1) is 5.69 Å². The summed E-state index contributed by atoms with van der Waals surface area (Å²) in [5.74, 6) is 0. The van der Waals surface area contributed by atoms with Gasteiger partial charge in [-0.25, -0.2) is 0 Å². The maximum absolute atomic E-state index is 4.23. The largest absolute Gasteiger partial charge is 0.316 e. The summed E-state index contributed by atoms with van der Waals surface area (Å²) in [6.45, 7) is 1.95. The highest BCUT2D eigenvalue weighted by molar-refractivity contribution is 5.85. The zero-order valence-electron chi connectivity index (χ0n) is 10.2. The molecule has 3 nitrogen and oxygen atoms in total. The predicted molar refractivity (Wildman–Crippen MR) is 76.0 cm³/mol. The third-order valence-electron chi connectivity index (χ3n) is 2.61. The van der Waals surface area contributed by atoms with Crippen LogP contribution in [0.2, 0.25) is 0 Å². The van der Waals surface area contributed by atoms with Crippen LogP contribution in [0.1, 0.15) is 11.3 Å². The van der Waals surface area contributed by atoms with Gasteiger partial charge in [0.25, 0.3) is 0 Å². The second-order valence-electron chi connectivity index (χ2n) is 3.93. The third kappa shape index (κ3) is 5.25. The van der Waals surface area contributed by atoms with Crippen LogP contribution in [0, 0.1) is 0 Å². The molecule has 96 valence electrons. The highest BCUT2D eigenvalue weighted by Crippen LogP contribution is 1.98. The molecule has 0 fully saturated rings. The molecule has 4 heteroatoms. The Hall–Kier alpha value is -1.45. The summed E-state index contributed by atoms with van der Waals surface area (Å²) >= 11 is 0. The monoisotopic (exact) mass is 263 g/mol. The first-order valence-electron chi connectivity index (χ1n) is 5.95. The Balaban J connectivity index is 0.00000162. The first-order chi connectivity index (χ1) is 8.45. The van der Waals surface area contributed by atoms with E-state index in [1.165, 1.54) is 5.56 Å². The molecule has 0 aliphatic carbocycles. The van der Waals surface area contributed by atoms with Crippen LogP contribution in [0.4, 0.5) is 0 Å². The van der Waals surface area contributed by atoms with E-state index >= 15 is 0 Å². The lowest BCUT2D eigenvalue weighted by molar-refractivity contribution is 0.674. The molecule has 0 saturated heterocycles. The van der Waals surface area contributed by atoms with Gasteiger partial charge in [-0.3, -0.25) is 9.97 Å². The Morgan fingerprint density at radius 2 is 1.72 bits per heavy atom. The van der Waals surface area contributed by atoms with Crippen LogP contribution in [0.3, 0.4) is 0 Å². The topological polar surface area (TPSA) is 37.8 Å². The zero-order valence-corrected chi connectivity index (χ0v) is 11.1. The lowest BCUT2D eigenvalue weighted by atomic mass is 10.1. The SMILES string of the molecule is Cl.c1ccc(CCNCCc2cnccn2)cc1. The average Bonchev–Trinajstić information content (AvgIpc) is 2.41.